The number of hydrogen-bond acceptors (Lipinski definition) is 4. The molecule has 0 fully saturated rings. The van der Waals surface area contributed by atoms with Crippen LogP contribution in [0.2, 0.25) is 0 Å². The molecular formula is C16H25N3S. The van der Waals surface area contributed by atoms with Crippen LogP contribution in [0.4, 0.5) is 5.69 Å². The van der Waals surface area contributed by atoms with E-state index in [9.17, 15) is 0 Å². The Morgan fingerprint density at radius 3 is 2.10 bits per heavy atom. The number of aryl methyl sites for hydroxylation is 2. The molecule has 0 bridgehead atoms. The topological polar surface area (TPSA) is 62.8 Å². The highest BCUT2D eigenvalue weighted by molar-refractivity contribution is 7.13. The zero-order valence-electron chi connectivity index (χ0n) is 13.2. The van der Waals surface area contributed by atoms with E-state index in [2.05, 4.69) is 4.98 Å². The summed E-state index contributed by atoms with van der Waals surface area (Å²) >= 11 is 1.53. The van der Waals surface area contributed by atoms with Gasteiger partial charge in [0.1, 0.15) is 5.01 Å². The van der Waals surface area contributed by atoms with Gasteiger partial charge in [-0.1, -0.05) is 45.9 Å². The predicted octanol–water partition coefficient (Wildman–Crippen LogP) is 4.81. The molecule has 0 atom stereocenters. The number of nitrogen functional groups attached to an aromatic ring is 1. The summed E-state index contributed by atoms with van der Waals surface area (Å²) in [5.74, 6) is 0. The molecule has 0 aliphatic heterocycles. The van der Waals surface area contributed by atoms with Crippen molar-refractivity contribution in [2.24, 2.45) is 0 Å². The van der Waals surface area contributed by atoms with Crippen molar-refractivity contribution in [2.45, 2.75) is 41.5 Å². The van der Waals surface area contributed by atoms with Crippen LogP contribution >= 0.6 is 11.3 Å². The molecule has 1 aromatic heterocycles. The molecule has 2 aromatic rings. The average Bonchev–Trinajstić information content (AvgIpc) is 2.83. The highest BCUT2D eigenvalue weighted by Gasteiger charge is 2.12. The molecule has 0 aliphatic carbocycles. The number of aromatic nitrogens is 1. The SMILES string of the molecule is CC.CC.Cc1nc(C(=N)c2ccccc2N)sc1C. The minimum Gasteiger partial charge on any atom is -0.398 e. The van der Waals surface area contributed by atoms with Crippen molar-refractivity contribution in [1.82, 2.24) is 4.98 Å². The van der Waals surface area contributed by atoms with E-state index in [4.69, 9.17) is 11.1 Å². The summed E-state index contributed by atoms with van der Waals surface area (Å²) in [6, 6.07) is 7.40. The van der Waals surface area contributed by atoms with Crippen LogP contribution in [0.1, 0.15) is 48.8 Å². The number of nitrogens with zero attached hydrogens (tertiary/aromatic N) is 1. The van der Waals surface area contributed by atoms with E-state index in [0.717, 1.165) is 21.1 Å². The van der Waals surface area contributed by atoms with Gasteiger partial charge in [0.2, 0.25) is 0 Å². The molecule has 1 heterocycles. The lowest BCUT2D eigenvalue weighted by atomic mass is 10.1. The normalized spacial score (nSPS) is 8.90. The van der Waals surface area contributed by atoms with Crippen LogP contribution < -0.4 is 5.73 Å². The first kappa shape index (κ1) is 18.3. The third kappa shape index (κ3) is 4.46. The first-order chi connectivity index (χ1) is 9.59. The number of nitrogens with one attached hydrogen (secondary N) is 1. The Kier molecular flexibility index (Phi) is 8.48. The van der Waals surface area contributed by atoms with Gasteiger partial charge < -0.3 is 5.73 Å². The monoisotopic (exact) mass is 291 g/mol. The number of thiazole rings is 1. The van der Waals surface area contributed by atoms with Crippen molar-refractivity contribution in [2.75, 3.05) is 5.73 Å². The van der Waals surface area contributed by atoms with Crippen molar-refractivity contribution in [3.63, 3.8) is 0 Å². The highest BCUT2D eigenvalue weighted by atomic mass is 32.1. The lowest BCUT2D eigenvalue weighted by Crippen LogP contribution is -2.04. The van der Waals surface area contributed by atoms with Crippen molar-refractivity contribution in [3.05, 3.63) is 45.4 Å². The second-order valence-electron chi connectivity index (χ2n) is 3.62. The van der Waals surface area contributed by atoms with Gasteiger partial charge in [-0.15, -0.1) is 11.3 Å². The maximum atomic E-state index is 8.09. The summed E-state index contributed by atoms with van der Waals surface area (Å²) in [6.45, 7) is 12.0. The standard InChI is InChI=1S/C12H13N3S.2C2H6/c1-7-8(2)16-12(15-7)11(14)9-5-3-4-6-10(9)13;2*1-2/h3-6,14H,13H2,1-2H3;2*1-2H3. The van der Waals surface area contributed by atoms with Crippen molar-refractivity contribution in [1.29, 1.82) is 5.41 Å². The molecule has 4 heteroatoms. The van der Waals surface area contributed by atoms with Gasteiger partial charge in [-0.05, 0) is 19.9 Å². The largest absolute Gasteiger partial charge is 0.398 e. The number of benzene rings is 1. The third-order valence-electron chi connectivity index (χ3n) is 2.47. The van der Waals surface area contributed by atoms with E-state index >= 15 is 0 Å². The minimum atomic E-state index is 0.402. The lowest BCUT2D eigenvalue weighted by Gasteiger charge is -2.03. The maximum Gasteiger partial charge on any atom is 0.142 e. The Morgan fingerprint density at radius 1 is 1.10 bits per heavy atom. The molecule has 1 aromatic carbocycles. The fraction of sp³-hybridized carbons (Fsp3) is 0.375. The molecule has 0 aliphatic rings. The van der Waals surface area contributed by atoms with E-state index in [1.165, 1.54) is 11.3 Å². The Labute approximate surface area is 126 Å². The second-order valence-corrected chi connectivity index (χ2v) is 4.83. The van der Waals surface area contributed by atoms with Crippen molar-refractivity contribution < 1.29 is 0 Å². The van der Waals surface area contributed by atoms with Gasteiger partial charge >= 0.3 is 0 Å². The Balaban J connectivity index is 0.000000829. The number of para-hydroxylation sites is 1. The summed E-state index contributed by atoms with van der Waals surface area (Å²) in [5, 5.41) is 8.82. The predicted molar refractivity (Wildman–Crippen MR) is 91.1 cm³/mol. The van der Waals surface area contributed by atoms with Gasteiger partial charge in [-0.3, -0.25) is 5.41 Å². The van der Waals surface area contributed by atoms with Gasteiger partial charge in [0, 0.05) is 16.1 Å². The molecule has 3 N–H and O–H groups in total. The lowest BCUT2D eigenvalue weighted by molar-refractivity contribution is 1.21. The zero-order valence-corrected chi connectivity index (χ0v) is 14.1. The van der Waals surface area contributed by atoms with E-state index in [1.807, 2.05) is 59.7 Å². The second kappa shape index (κ2) is 9.26. The molecule has 0 radical (unpaired) electrons. The quantitative estimate of drug-likeness (QED) is 0.616. The fourth-order valence-electron chi connectivity index (χ4n) is 1.42. The highest BCUT2D eigenvalue weighted by Crippen LogP contribution is 2.22. The van der Waals surface area contributed by atoms with Crippen LogP contribution in [0.5, 0.6) is 0 Å². The Morgan fingerprint density at radius 2 is 1.65 bits per heavy atom. The zero-order chi connectivity index (χ0) is 15.7. The van der Waals surface area contributed by atoms with Crippen LogP contribution in [-0.2, 0) is 0 Å². The van der Waals surface area contributed by atoms with E-state index in [1.54, 1.807) is 6.07 Å². The molecule has 0 saturated heterocycles. The summed E-state index contributed by atoms with van der Waals surface area (Å²) in [5.41, 5.74) is 8.60. The van der Waals surface area contributed by atoms with Crippen LogP contribution in [-0.4, -0.2) is 10.7 Å². The molecule has 0 amide bonds. The summed E-state index contributed by atoms with van der Waals surface area (Å²) < 4.78 is 0. The van der Waals surface area contributed by atoms with Gasteiger partial charge in [0.05, 0.1) is 11.4 Å². The molecule has 0 spiro atoms. The van der Waals surface area contributed by atoms with Gasteiger partial charge in [0.15, 0.2) is 0 Å². The minimum absolute atomic E-state index is 0.402. The van der Waals surface area contributed by atoms with E-state index in [0.29, 0.717) is 11.4 Å². The maximum absolute atomic E-state index is 8.09. The molecule has 2 rings (SSSR count). The smallest absolute Gasteiger partial charge is 0.142 e. The number of anilines is 1. The van der Waals surface area contributed by atoms with E-state index < -0.39 is 0 Å². The van der Waals surface area contributed by atoms with Gasteiger partial charge in [0.25, 0.3) is 0 Å². The summed E-state index contributed by atoms with van der Waals surface area (Å²) in [4.78, 5) is 5.51. The Bertz CT molecular complexity index is 525. The first-order valence-electron chi connectivity index (χ1n) is 6.97. The third-order valence-corrected chi connectivity index (χ3v) is 3.56. The summed E-state index contributed by atoms with van der Waals surface area (Å²) in [6.07, 6.45) is 0. The van der Waals surface area contributed by atoms with Crippen molar-refractivity contribution in [3.8, 4) is 0 Å². The summed E-state index contributed by atoms with van der Waals surface area (Å²) in [7, 11) is 0. The number of hydrogen-bond donors (Lipinski definition) is 2. The van der Waals surface area contributed by atoms with Crippen LogP contribution in [0.3, 0.4) is 0 Å². The number of rotatable bonds is 2. The van der Waals surface area contributed by atoms with Gasteiger partial charge in [-0.2, -0.15) is 0 Å². The number of nitrogens with two attached hydrogens (primary N) is 1. The molecule has 3 nitrogen and oxygen atoms in total. The van der Waals surface area contributed by atoms with Crippen LogP contribution in [0.25, 0.3) is 0 Å². The molecule has 110 valence electrons. The van der Waals surface area contributed by atoms with Crippen molar-refractivity contribution >= 4 is 22.7 Å². The van der Waals surface area contributed by atoms with Crippen LogP contribution in [0, 0.1) is 19.3 Å². The molecular weight excluding hydrogens is 266 g/mol. The molecule has 0 unspecified atom stereocenters. The Hall–Kier alpha value is -1.68. The van der Waals surface area contributed by atoms with Gasteiger partial charge in [-0.25, -0.2) is 4.98 Å². The van der Waals surface area contributed by atoms with Crippen LogP contribution in [0.15, 0.2) is 24.3 Å². The average molecular weight is 291 g/mol. The molecule has 20 heavy (non-hydrogen) atoms. The molecule has 0 saturated carbocycles. The fourth-order valence-corrected chi connectivity index (χ4v) is 2.30. The first-order valence-corrected chi connectivity index (χ1v) is 7.79. The van der Waals surface area contributed by atoms with E-state index in [-0.39, 0.29) is 0 Å².